The molecule has 1 rings (SSSR count). The van der Waals surface area contributed by atoms with E-state index in [0.717, 1.165) is 0 Å². The molecular formula is C18H30F2O2P2. The van der Waals surface area contributed by atoms with Gasteiger partial charge in [0, 0.05) is 0 Å². The molecule has 0 aromatic heterocycles. The fourth-order valence-electron chi connectivity index (χ4n) is 3.34. The van der Waals surface area contributed by atoms with Gasteiger partial charge < -0.3 is 10.2 Å². The van der Waals surface area contributed by atoms with Gasteiger partial charge in [-0.2, -0.15) is 0 Å². The van der Waals surface area contributed by atoms with E-state index in [1.165, 1.54) is 0 Å². The average Bonchev–Trinajstić information content (AvgIpc) is 2.43. The van der Waals surface area contributed by atoms with Crippen molar-refractivity contribution < 1.29 is 19.0 Å². The molecule has 24 heavy (non-hydrogen) atoms. The molecule has 0 radical (unpaired) electrons. The Morgan fingerprint density at radius 2 is 0.792 bits per heavy atom. The lowest BCUT2D eigenvalue weighted by Crippen LogP contribution is -2.26. The van der Waals surface area contributed by atoms with Crippen molar-refractivity contribution in [2.75, 3.05) is 0 Å². The van der Waals surface area contributed by atoms with Crippen LogP contribution in [0.1, 0.15) is 55.4 Å². The number of benzene rings is 1. The zero-order valence-electron chi connectivity index (χ0n) is 15.9. The van der Waals surface area contributed by atoms with Gasteiger partial charge >= 0.3 is 0 Å². The monoisotopic (exact) mass is 378 g/mol. The molecule has 0 heterocycles. The van der Waals surface area contributed by atoms with Gasteiger partial charge in [-0.25, -0.2) is 8.78 Å². The third-order valence-corrected chi connectivity index (χ3v) is 10.3. The van der Waals surface area contributed by atoms with Gasteiger partial charge in [-0.3, -0.25) is 0 Å². The van der Waals surface area contributed by atoms with Crippen LogP contribution in [0.2, 0.25) is 0 Å². The van der Waals surface area contributed by atoms with Crippen molar-refractivity contribution in [3.05, 3.63) is 11.6 Å². The standard InChI is InChI=1S/C18H30F2O2P2/c1-9(2)23(10(3)4)17-13(19)16(22)18(14(20)15(17)21)24(11(5)6)12(7)8/h9-12,21-22H,1-8H3. The smallest absolute Gasteiger partial charge is 0.177 e. The van der Waals surface area contributed by atoms with Gasteiger partial charge in [-0.1, -0.05) is 71.2 Å². The summed E-state index contributed by atoms with van der Waals surface area (Å²) in [5.41, 5.74) is 0.284. The largest absolute Gasteiger partial charge is 0.504 e. The highest BCUT2D eigenvalue weighted by Crippen LogP contribution is 2.53. The Labute approximate surface area is 147 Å². The maximum absolute atomic E-state index is 15.0. The summed E-state index contributed by atoms with van der Waals surface area (Å²) in [6.07, 6.45) is 0. The van der Waals surface area contributed by atoms with Gasteiger partial charge in [0.2, 0.25) is 0 Å². The summed E-state index contributed by atoms with van der Waals surface area (Å²) in [5, 5.41) is 20.9. The molecule has 0 unspecified atom stereocenters. The van der Waals surface area contributed by atoms with E-state index >= 15 is 8.78 Å². The number of rotatable bonds is 6. The molecule has 0 aliphatic rings. The maximum Gasteiger partial charge on any atom is 0.177 e. The Kier molecular flexibility index (Phi) is 7.45. The lowest BCUT2D eigenvalue weighted by molar-refractivity contribution is 0.410. The second-order valence-corrected chi connectivity index (χ2v) is 13.9. The van der Waals surface area contributed by atoms with E-state index in [-0.39, 0.29) is 33.2 Å². The summed E-state index contributed by atoms with van der Waals surface area (Å²) < 4.78 is 30.0. The van der Waals surface area contributed by atoms with Crippen molar-refractivity contribution in [2.24, 2.45) is 0 Å². The first-order valence-corrected chi connectivity index (χ1v) is 11.4. The summed E-state index contributed by atoms with van der Waals surface area (Å²) in [4.78, 5) is 0. The number of hydrogen-bond acceptors (Lipinski definition) is 2. The molecule has 0 saturated carbocycles. The molecular weight excluding hydrogens is 348 g/mol. The van der Waals surface area contributed by atoms with Crippen LogP contribution in [0.3, 0.4) is 0 Å². The van der Waals surface area contributed by atoms with Crippen LogP contribution in [0.15, 0.2) is 0 Å². The van der Waals surface area contributed by atoms with Crippen LogP contribution >= 0.6 is 15.8 Å². The van der Waals surface area contributed by atoms with Crippen LogP contribution in [-0.2, 0) is 0 Å². The normalized spacial score (nSPS) is 12.7. The number of aromatic hydroxyl groups is 2. The lowest BCUT2D eigenvalue weighted by atomic mass is 10.3. The van der Waals surface area contributed by atoms with Crippen LogP contribution < -0.4 is 10.6 Å². The van der Waals surface area contributed by atoms with Crippen molar-refractivity contribution >= 4 is 26.5 Å². The Balaban J connectivity index is 3.74. The Hall–Kier alpha value is -0.460. The van der Waals surface area contributed by atoms with E-state index in [2.05, 4.69) is 0 Å². The van der Waals surface area contributed by atoms with Crippen LogP contribution in [0.5, 0.6) is 11.5 Å². The van der Waals surface area contributed by atoms with Gasteiger partial charge in [-0.15, -0.1) is 0 Å². The molecule has 0 atom stereocenters. The molecule has 1 aromatic rings. The Bertz CT molecular complexity index is 491. The van der Waals surface area contributed by atoms with Crippen LogP contribution in [-0.4, -0.2) is 32.8 Å². The minimum Gasteiger partial charge on any atom is -0.504 e. The molecule has 0 fully saturated rings. The summed E-state index contributed by atoms with van der Waals surface area (Å²) >= 11 is 0. The van der Waals surface area contributed by atoms with Crippen molar-refractivity contribution in [3.8, 4) is 11.5 Å². The van der Waals surface area contributed by atoms with Crippen LogP contribution in [0, 0.1) is 11.6 Å². The minimum absolute atomic E-state index is 0.0313. The van der Waals surface area contributed by atoms with Crippen molar-refractivity contribution in [2.45, 2.75) is 78.0 Å². The van der Waals surface area contributed by atoms with Gasteiger partial charge in [0.15, 0.2) is 23.1 Å². The van der Waals surface area contributed by atoms with Gasteiger partial charge in [-0.05, 0) is 22.6 Å². The van der Waals surface area contributed by atoms with Crippen molar-refractivity contribution in [3.63, 3.8) is 0 Å². The number of phenolic OH excluding ortho intramolecular Hbond substituents is 2. The highest BCUT2D eigenvalue weighted by molar-refractivity contribution is 7.68. The third-order valence-electron chi connectivity index (χ3n) is 4.02. The van der Waals surface area contributed by atoms with Crippen LogP contribution in [0.25, 0.3) is 0 Å². The number of hydrogen-bond donors (Lipinski definition) is 2. The molecule has 0 spiro atoms. The predicted octanol–water partition coefficient (Wildman–Crippen LogP) is 5.22. The first kappa shape index (κ1) is 21.6. The summed E-state index contributed by atoms with van der Waals surface area (Å²) in [6.45, 7) is 15.5. The molecule has 2 N–H and O–H groups in total. The van der Waals surface area contributed by atoms with Gasteiger partial charge in [0.05, 0.1) is 10.6 Å². The SMILES string of the molecule is CC(C)P(c1c(O)c(F)c(P(C(C)C)C(C)C)c(O)c1F)C(C)C. The molecule has 138 valence electrons. The topological polar surface area (TPSA) is 40.5 Å². The predicted molar refractivity (Wildman–Crippen MR) is 103 cm³/mol. The fraction of sp³-hybridized carbons (Fsp3) is 0.667. The van der Waals surface area contributed by atoms with E-state index in [4.69, 9.17) is 0 Å². The Morgan fingerprint density at radius 3 is 0.958 bits per heavy atom. The van der Waals surface area contributed by atoms with Crippen LogP contribution in [0.4, 0.5) is 8.78 Å². The van der Waals surface area contributed by atoms with Crippen molar-refractivity contribution in [1.82, 2.24) is 0 Å². The molecule has 0 amide bonds. The van der Waals surface area contributed by atoms with Gasteiger partial charge in [0.1, 0.15) is 0 Å². The van der Waals surface area contributed by atoms with E-state index in [1.807, 2.05) is 55.4 Å². The van der Waals surface area contributed by atoms with Crippen molar-refractivity contribution in [1.29, 1.82) is 0 Å². The molecule has 0 aliphatic heterocycles. The van der Waals surface area contributed by atoms with E-state index < -0.39 is 39.0 Å². The zero-order valence-corrected chi connectivity index (χ0v) is 17.6. The first-order valence-electron chi connectivity index (χ1n) is 8.42. The highest BCUT2D eigenvalue weighted by atomic mass is 31.1. The minimum atomic E-state index is -1.13. The molecule has 0 bridgehead atoms. The van der Waals surface area contributed by atoms with E-state index in [0.29, 0.717) is 0 Å². The van der Waals surface area contributed by atoms with E-state index in [1.54, 1.807) is 0 Å². The maximum atomic E-state index is 15.0. The number of halogens is 2. The second-order valence-electron chi connectivity index (χ2n) is 7.21. The molecule has 0 aliphatic carbocycles. The molecule has 1 aromatic carbocycles. The summed E-state index contributed by atoms with van der Waals surface area (Å²) in [6, 6.07) is 0. The summed E-state index contributed by atoms with van der Waals surface area (Å²) in [5.74, 6) is -2.90. The third kappa shape index (κ3) is 4.02. The first-order chi connectivity index (χ1) is 10.9. The second kappa shape index (κ2) is 8.28. The quantitative estimate of drug-likeness (QED) is 0.526. The molecule has 6 heteroatoms. The molecule has 0 saturated heterocycles. The lowest BCUT2D eigenvalue weighted by Gasteiger charge is -2.31. The van der Waals surface area contributed by atoms with Gasteiger partial charge in [0.25, 0.3) is 0 Å². The van der Waals surface area contributed by atoms with E-state index in [9.17, 15) is 10.2 Å². The highest BCUT2D eigenvalue weighted by Gasteiger charge is 2.35. The molecule has 2 nitrogen and oxygen atoms in total. The Morgan fingerprint density at radius 1 is 0.583 bits per heavy atom. The average molecular weight is 378 g/mol. The summed E-state index contributed by atoms with van der Waals surface area (Å²) in [7, 11) is -2.26. The fourth-order valence-corrected chi connectivity index (χ4v) is 9.14. The number of phenols is 2. The zero-order chi connectivity index (χ0) is 18.9.